The smallest absolute Gasteiger partial charge is 0.141 e. The summed E-state index contributed by atoms with van der Waals surface area (Å²) in [7, 11) is 3.62. The largest absolute Gasteiger partial charge is 0.387 e. The number of hydrogen-bond acceptors (Lipinski definition) is 4. The van der Waals surface area contributed by atoms with E-state index in [2.05, 4.69) is 9.88 Å². The van der Waals surface area contributed by atoms with Crippen molar-refractivity contribution in [1.82, 2.24) is 9.88 Å². The molecular weight excluding hydrogens is 223 g/mol. The molecule has 5 heteroatoms. The predicted octanol–water partition coefficient (Wildman–Crippen LogP) is 1.22. The normalized spacial score (nSPS) is 13.0. The van der Waals surface area contributed by atoms with Gasteiger partial charge in [-0.3, -0.25) is 4.98 Å². The maximum atomic E-state index is 12.6. The average Bonchev–Trinajstić information content (AvgIpc) is 2.34. The molecule has 0 saturated heterocycles. The van der Waals surface area contributed by atoms with E-state index in [1.807, 2.05) is 7.05 Å². The number of likely N-dealkylation sites (N-methyl/N-ethyl adjacent to an activating group) is 1. The van der Waals surface area contributed by atoms with Crippen molar-refractivity contribution in [3.05, 3.63) is 29.8 Å². The number of rotatable bonds is 7. The Morgan fingerprint density at radius 1 is 1.47 bits per heavy atom. The molecule has 0 fully saturated rings. The van der Waals surface area contributed by atoms with Gasteiger partial charge in [0.1, 0.15) is 5.82 Å². The summed E-state index contributed by atoms with van der Waals surface area (Å²) in [5.41, 5.74) is 0.506. The van der Waals surface area contributed by atoms with Crippen LogP contribution in [0, 0.1) is 5.82 Å². The molecule has 1 aromatic rings. The minimum absolute atomic E-state index is 0.391. The van der Waals surface area contributed by atoms with Crippen molar-refractivity contribution < 1.29 is 14.2 Å². The molecule has 1 N–H and O–H groups in total. The van der Waals surface area contributed by atoms with Crippen molar-refractivity contribution in [2.45, 2.75) is 12.5 Å². The van der Waals surface area contributed by atoms with Crippen LogP contribution in [-0.4, -0.2) is 48.8 Å². The third kappa shape index (κ3) is 5.21. The second-order valence-corrected chi connectivity index (χ2v) is 4.00. The summed E-state index contributed by atoms with van der Waals surface area (Å²) in [4.78, 5) is 5.92. The van der Waals surface area contributed by atoms with Gasteiger partial charge in [-0.1, -0.05) is 0 Å². The molecule has 0 amide bonds. The summed E-state index contributed by atoms with van der Waals surface area (Å²) in [6.07, 6.45) is 1.03. The lowest BCUT2D eigenvalue weighted by molar-refractivity contribution is 0.126. The molecule has 0 aliphatic rings. The van der Waals surface area contributed by atoms with Crippen LogP contribution in [0.15, 0.2) is 18.3 Å². The summed E-state index contributed by atoms with van der Waals surface area (Å²) in [6.45, 7) is 2.23. The zero-order valence-corrected chi connectivity index (χ0v) is 10.3. The number of pyridine rings is 1. The topological polar surface area (TPSA) is 45.6 Å². The van der Waals surface area contributed by atoms with Crippen LogP contribution in [0.2, 0.25) is 0 Å². The third-order valence-corrected chi connectivity index (χ3v) is 2.55. The first kappa shape index (κ1) is 14.0. The Morgan fingerprint density at radius 2 is 2.24 bits per heavy atom. The number of nitrogens with zero attached hydrogens (tertiary/aromatic N) is 2. The summed E-state index contributed by atoms with van der Waals surface area (Å²) >= 11 is 0. The maximum absolute atomic E-state index is 12.6. The minimum atomic E-state index is -0.652. The summed E-state index contributed by atoms with van der Waals surface area (Å²) in [5.74, 6) is -0.391. The highest BCUT2D eigenvalue weighted by atomic mass is 19.1. The molecular formula is C12H19FN2O2. The van der Waals surface area contributed by atoms with Gasteiger partial charge < -0.3 is 14.7 Å². The highest BCUT2D eigenvalue weighted by Gasteiger charge is 2.10. The molecule has 1 rings (SSSR count). The Kier molecular flexibility index (Phi) is 6.04. The molecule has 1 atom stereocenters. The van der Waals surface area contributed by atoms with Crippen LogP contribution in [0.5, 0.6) is 0 Å². The molecule has 1 aromatic heterocycles. The minimum Gasteiger partial charge on any atom is -0.387 e. The van der Waals surface area contributed by atoms with E-state index in [9.17, 15) is 9.50 Å². The third-order valence-electron chi connectivity index (χ3n) is 2.55. The predicted molar refractivity (Wildman–Crippen MR) is 63.1 cm³/mol. The van der Waals surface area contributed by atoms with Crippen molar-refractivity contribution in [1.29, 1.82) is 0 Å². The Morgan fingerprint density at radius 3 is 2.82 bits per heavy atom. The van der Waals surface area contributed by atoms with Gasteiger partial charge in [-0.05, 0) is 25.6 Å². The monoisotopic (exact) mass is 242 g/mol. The molecule has 1 unspecified atom stereocenters. The fourth-order valence-electron chi connectivity index (χ4n) is 1.43. The standard InChI is InChI=1S/C12H19FN2O2/c1-15(7-8-17-2)6-5-12(16)11-4-3-10(13)9-14-11/h3-4,9,12,16H,5-8H2,1-2H3. The summed E-state index contributed by atoms with van der Waals surface area (Å²) in [6, 6.07) is 2.81. The van der Waals surface area contributed by atoms with Crippen molar-refractivity contribution in [3.63, 3.8) is 0 Å². The highest BCUT2D eigenvalue weighted by Crippen LogP contribution is 2.14. The zero-order chi connectivity index (χ0) is 12.7. The van der Waals surface area contributed by atoms with Gasteiger partial charge in [0.15, 0.2) is 0 Å². The number of aliphatic hydroxyl groups excluding tert-OH is 1. The van der Waals surface area contributed by atoms with E-state index >= 15 is 0 Å². The van der Waals surface area contributed by atoms with Crippen LogP contribution in [-0.2, 0) is 4.74 Å². The van der Waals surface area contributed by atoms with E-state index in [-0.39, 0.29) is 0 Å². The summed E-state index contributed by atoms with van der Waals surface area (Å²) < 4.78 is 17.6. The highest BCUT2D eigenvalue weighted by molar-refractivity contribution is 5.07. The zero-order valence-electron chi connectivity index (χ0n) is 10.3. The van der Waals surface area contributed by atoms with E-state index in [0.717, 1.165) is 19.3 Å². The van der Waals surface area contributed by atoms with Crippen LogP contribution in [0.4, 0.5) is 4.39 Å². The lowest BCUT2D eigenvalue weighted by atomic mass is 10.1. The van der Waals surface area contributed by atoms with Gasteiger partial charge in [0.2, 0.25) is 0 Å². The molecule has 17 heavy (non-hydrogen) atoms. The van der Waals surface area contributed by atoms with Gasteiger partial charge in [-0.2, -0.15) is 0 Å². The Hall–Kier alpha value is -1.04. The van der Waals surface area contributed by atoms with Crippen LogP contribution >= 0.6 is 0 Å². The molecule has 0 aliphatic heterocycles. The molecule has 96 valence electrons. The van der Waals surface area contributed by atoms with Gasteiger partial charge in [0.05, 0.1) is 24.6 Å². The molecule has 0 bridgehead atoms. The van der Waals surface area contributed by atoms with Crippen LogP contribution in [0.25, 0.3) is 0 Å². The Bertz CT molecular complexity index is 319. The lowest BCUT2D eigenvalue weighted by Crippen LogP contribution is -2.25. The lowest BCUT2D eigenvalue weighted by Gasteiger charge is -2.18. The number of halogens is 1. The van der Waals surface area contributed by atoms with Crippen molar-refractivity contribution in [2.24, 2.45) is 0 Å². The molecule has 0 spiro atoms. The average molecular weight is 242 g/mol. The van der Waals surface area contributed by atoms with Crippen LogP contribution in [0.1, 0.15) is 18.2 Å². The SMILES string of the molecule is COCCN(C)CCC(O)c1ccc(F)cn1. The van der Waals surface area contributed by atoms with Crippen molar-refractivity contribution in [2.75, 3.05) is 33.9 Å². The van der Waals surface area contributed by atoms with Crippen molar-refractivity contribution in [3.8, 4) is 0 Å². The molecule has 0 aromatic carbocycles. The first-order chi connectivity index (χ1) is 8.13. The number of methoxy groups -OCH3 is 1. The second kappa shape index (κ2) is 7.32. The molecule has 0 radical (unpaired) electrons. The molecule has 1 heterocycles. The first-order valence-corrected chi connectivity index (χ1v) is 5.60. The van der Waals surface area contributed by atoms with Crippen LogP contribution in [0.3, 0.4) is 0 Å². The fourth-order valence-corrected chi connectivity index (χ4v) is 1.43. The fraction of sp³-hybridized carbons (Fsp3) is 0.583. The number of aliphatic hydroxyl groups is 1. The van der Waals surface area contributed by atoms with E-state index in [1.165, 1.54) is 12.1 Å². The summed E-state index contributed by atoms with van der Waals surface area (Å²) in [5, 5.41) is 9.84. The van der Waals surface area contributed by atoms with Gasteiger partial charge in [-0.25, -0.2) is 4.39 Å². The van der Waals surface area contributed by atoms with Crippen LogP contribution < -0.4 is 0 Å². The van der Waals surface area contributed by atoms with Gasteiger partial charge in [0, 0.05) is 20.2 Å². The molecule has 4 nitrogen and oxygen atoms in total. The second-order valence-electron chi connectivity index (χ2n) is 4.00. The quantitative estimate of drug-likeness (QED) is 0.781. The Balaban J connectivity index is 2.34. The van der Waals surface area contributed by atoms with Gasteiger partial charge in [0.25, 0.3) is 0 Å². The van der Waals surface area contributed by atoms with Gasteiger partial charge >= 0.3 is 0 Å². The number of ether oxygens (including phenoxy) is 1. The maximum Gasteiger partial charge on any atom is 0.141 e. The van der Waals surface area contributed by atoms with Crippen molar-refractivity contribution >= 4 is 0 Å². The van der Waals surface area contributed by atoms with E-state index in [4.69, 9.17) is 4.74 Å². The Labute approximate surface area is 101 Å². The van der Waals surface area contributed by atoms with Gasteiger partial charge in [-0.15, -0.1) is 0 Å². The number of hydrogen-bond donors (Lipinski definition) is 1. The van der Waals surface area contributed by atoms with E-state index in [1.54, 1.807) is 7.11 Å². The number of aromatic nitrogens is 1. The van der Waals surface area contributed by atoms with E-state index < -0.39 is 11.9 Å². The first-order valence-electron chi connectivity index (χ1n) is 5.60. The van der Waals surface area contributed by atoms with E-state index in [0.29, 0.717) is 18.7 Å². The molecule has 0 saturated carbocycles. The molecule has 0 aliphatic carbocycles.